The van der Waals surface area contributed by atoms with E-state index >= 15 is 0 Å². The minimum atomic E-state index is -0.245. The molecular weight excluding hydrogens is 406 g/mol. The third-order valence-electron chi connectivity index (χ3n) is 5.79. The van der Waals surface area contributed by atoms with E-state index in [1.54, 1.807) is 12.4 Å². The summed E-state index contributed by atoms with van der Waals surface area (Å²) >= 11 is 0. The minimum Gasteiger partial charge on any atom is -0.454 e. The monoisotopic (exact) mass is 451 g/mol. The third-order valence-corrected chi connectivity index (χ3v) is 5.79. The molecule has 0 fully saturated rings. The summed E-state index contributed by atoms with van der Waals surface area (Å²) in [4.78, 5) is 16.2. The molecule has 0 bridgehead atoms. The standard InChI is InChI=1S/C27H45NO2.ClH/c1-4-5-6-7-8-9-10-11-12-13-14-15-16-17-18-19-24(2)27(29)30-25(3)26-20-22-28-23-21-26;/h19-23,25H,4-18H2,1-3H3;1H/b24-19+;. The molecule has 1 aromatic heterocycles. The predicted octanol–water partition coefficient (Wildman–Crippen LogP) is 8.93. The van der Waals surface area contributed by atoms with Gasteiger partial charge in [-0.3, -0.25) is 4.98 Å². The van der Waals surface area contributed by atoms with Gasteiger partial charge in [0, 0.05) is 18.0 Å². The molecule has 0 spiro atoms. The van der Waals surface area contributed by atoms with Crippen LogP contribution in [0.4, 0.5) is 0 Å². The van der Waals surface area contributed by atoms with Crippen LogP contribution in [0.1, 0.15) is 129 Å². The van der Waals surface area contributed by atoms with Gasteiger partial charge in [0.1, 0.15) is 6.10 Å². The van der Waals surface area contributed by atoms with Crippen molar-refractivity contribution in [1.82, 2.24) is 4.98 Å². The van der Waals surface area contributed by atoms with E-state index in [-0.39, 0.29) is 24.5 Å². The number of hydrogen-bond acceptors (Lipinski definition) is 3. The molecule has 1 heterocycles. The Labute approximate surface area is 197 Å². The smallest absolute Gasteiger partial charge is 0.333 e. The molecule has 0 aliphatic rings. The summed E-state index contributed by atoms with van der Waals surface area (Å²) in [5.74, 6) is -0.218. The summed E-state index contributed by atoms with van der Waals surface area (Å²) in [5, 5.41) is 0. The van der Waals surface area contributed by atoms with Crippen molar-refractivity contribution in [2.45, 2.75) is 123 Å². The van der Waals surface area contributed by atoms with Gasteiger partial charge in [-0.15, -0.1) is 12.4 Å². The molecule has 0 radical (unpaired) electrons. The average Bonchev–Trinajstić information content (AvgIpc) is 2.76. The largest absolute Gasteiger partial charge is 0.454 e. The number of aromatic nitrogens is 1. The zero-order valence-corrected chi connectivity index (χ0v) is 21.1. The lowest BCUT2D eigenvalue weighted by atomic mass is 10.0. The van der Waals surface area contributed by atoms with Gasteiger partial charge in [-0.25, -0.2) is 4.79 Å². The molecule has 1 rings (SSSR count). The summed E-state index contributed by atoms with van der Waals surface area (Å²) in [6, 6.07) is 3.76. The van der Waals surface area contributed by atoms with Crippen LogP contribution in [-0.2, 0) is 9.53 Å². The Bertz CT molecular complexity index is 574. The molecule has 0 aliphatic heterocycles. The van der Waals surface area contributed by atoms with E-state index in [2.05, 4.69) is 11.9 Å². The zero-order valence-electron chi connectivity index (χ0n) is 20.2. The topological polar surface area (TPSA) is 39.2 Å². The zero-order chi connectivity index (χ0) is 21.9. The number of esters is 1. The maximum Gasteiger partial charge on any atom is 0.333 e. The average molecular weight is 452 g/mol. The van der Waals surface area contributed by atoms with Crippen molar-refractivity contribution in [3.63, 3.8) is 0 Å². The van der Waals surface area contributed by atoms with Crippen LogP contribution in [0.25, 0.3) is 0 Å². The highest BCUT2D eigenvalue weighted by molar-refractivity contribution is 5.87. The van der Waals surface area contributed by atoms with E-state index in [4.69, 9.17) is 4.74 Å². The molecular formula is C27H46ClNO2. The molecule has 0 aliphatic carbocycles. The van der Waals surface area contributed by atoms with Gasteiger partial charge < -0.3 is 4.74 Å². The fourth-order valence-electron chi connectivity index (χ4n) is 3.70. The number of nitrogens with zero attached hydrogens (tertiary/aromatic N) is 1. The van der Waals surface area contributed by atoms with Gasteiger partial charge in [0.05, 0.1) is 0 Å². The number of unbranched alkanes of at least 4 members (excludes halogenated alkanes) is 14. The van der Waals surface area contributed by atoms with Crippen molar-refractivity contribution < 1.29 is 9.53 Å². The molecule has 178 valence electrons. The highest BCUT2D eigenvalue weighted by Gasteiger charge is 2.12. The lowest BCUT2D eigenvalue weighted by Gasteiger charge is -2.13. The Morgan fingerprint density at radius 3 is 1.81 bits per heavy atom. The number of carbonyl (C=O) groups excluding carboxylic acids is 1. The van der Waals surface area contributed by atoms with Gasteiger partial charge in [0.15, 0.2) is 0 Å². The lowest BCUT2D eigenvalue weighted by Crippen LogP contribution is -2.09. The van der Waals surface area contributed by atoms with Crippen LogP contribution in [0, 0.1) is 0 Å². The maximum absolute atomic E-state index is 12.2. The van der Waals surface area contributed by atoms with E-state index in [0.29, 0.717) is 5.57 Å². The molecule has 4 heteroatoms. The molecule has 1 atom stereocenters. The maximum atomic E-state index is 12.2. The molecule has 1 unspecified atom stereocenters. The Balaban J connectivity index is 0.00000900. The van der Waals surface area contributed by atoms with Crippen LogP contribution in [0.15, 0.2) is 36.2 Å². The second kappa shape index (κ2) is 20.5. The van der Waals surface area contributed by atoms with Crippen LogP contribution in [0.5, 0.6) is 0 Å². The van der Waals surface area contributed by atoms with Crippen LogP contribution in [0.2, 0.25) is 0 Å². The predicted molar refractivity (Wildman–Crippen MR) is 135 cm³/mol. The van der Waals surface area contributed by atoms with Gasteiger partial charge in [0.25, 0.3) is 0 Å². The van der Waals surface area contributed by atoms with Crippen molar-refractivity contribution in [2.75, 3.05) is 0 Å². The Hall–Kier alpha value is -1.35. The van der Waals surface area contributed by atoms with E-state index in [1.807, 2.05) is 32.1 Å². The van der Waals surface area contributed by atoms with Gasteiger partial charge in [-0.2, -0.15) is 0 Å². The summed E-state index contributed by atoms with van der Waals surface area (Å²) in [5.41, 5.74) is 1.68. The van der Waals surface area contributed by atoms with Crippen LogP contribution in [0.3, 0.4) is 0 Å². The molecule has 0 N–H and O–H groups in total. The lowest BCUT2D eigenvalue weighted by molar-refractivity contribution is -0.143. The summed E-state index contributed by atoms with van der Waals surface area (Å²) in [6.45, 7) is 6.03. The van der Waals surface area contributed by atoms with E-state index in [0.717, 1.165) is 18.4 Å². The van der Waals surface area contributed by atoms with Gasteiger partial charge >= 0.3 is 5.97 Å². The van der Waals surface area contributed by atoms with Crippen molar-refractivity contribution in [1.29, 1.82) is 0 Å². The van der Waals surface area contributed by atoms with Gasteiger partial charge in [-0.1, -0.05) is 96.5 Å². The molecule has 0 aromatic carbocycles. The van der Waals surface area contributed by atoms with Crippen molar-refractivity contribution in [3.05, 3.63) is 41.7 Å². The molecule has 0 saturated heterocycles. The van der Waals surface area contributed by atoms with Crippen LogP contribution >= 0.6 is 12.4 Å². The highest BCUT2D eigenvalue weighted by Crippen LogP contribution is 2.18. The van der Waals surface area contributed by atoms with Gasteiger partial charge in [0.2, 0.25) is 0 Å². The van der Waals surface area contributed by atoms with Crippen LogP contribution < -0.4 is 0 Å². The van der Waals surface area contributed by atoms with Crippen molar-refractivity contribution >= 4 is 18.4 Å². The second-order valence-electron chi connectivity index (χ2n) is 8.60. The number of halogens is 1. The summed E-state index contributed by atoms with van der Waals surface area (Å²) < 4.78 is 5.54. The first-order chi connectivity index (χ1) is 14.6. The first kappa shape index (κ1) is 29.7. The Morgan fingerprint density at radius 2 is 1.32 bits per heavy atom. The van der Waals surface area contributed by atoms with E-state index in [9.17, 15) is 4.79 Å². The van der Waals surface area contributed by atoms with E-state index < -0.39 is 0 Å². The van der Waals surface area contributed by atoms with Crippen molar-refractivity contribution in [3.8, 4) is 0 Å². The number of rotatable bonds is 18. The first-order valence-corrected chi connectivity index (χ1v) is 12.4. The summed E-state index contributed by atoms with van der Waals surface area (Å²) in [7, 11) is 0. The number of allylic oxidation sites excluding steroid dienone is 1. The fourth-order valence-corrected chi connectivity index (χ4v) is 3.70. The van der Waals surface area contributed by atoms with E-state index in [1.165, 1.54) is 83.5 Å². The molecule has 0 amide bonds. The number of hydrogen-bond donors (Lipinski definition) is 0. The fraction of sp³-hybridized carbons (Fsp3) is 0.704. The molecule has 3 nitrogen and oxygen atoms in total. The molecule has 31 heavy (non-hydrogen) atoms. The third kappa shape index (κ3) is 16.0. The quantitative estimate of drug-likeness (QED) is 0.127. The second-order valence-corrected chi connectivity index (χ2v) is 8.60. The Kier molecular flexibility index (Phi) is 19.7. The number of carbonyl (C=O) groups is 1. The highest BCUT2D eigenvalue weighted by atomic mass is 35.5. The number of pyridine rings is 1. The normalized spacial score (nSPS) is 12.3. The van der Waals surface area contributed by atoms with Crippen LogP contribution in [-0.4, -0.2) is 11.0 Å². The minimum absolute atomic E-state index is 0. The Morgan fingerprint density at radius 1 is 0.871 bits per heavy atom. The molecule has 1 aromatic rings. The van der Waals surface area contributed by atoms with Gasteiger partial charge in [-0.05, 0) is 44.4 Å². The summed E-state index contributed by atoms with van der Waals surface area (Å²) in [6.07, 6.45) is 25.3. The first-order valence-electron chi connectivity index (χ1n) is 12.4. The molecule has 0 saturated carbocycles. The van der Waals surface area contributed by atoms with Crippen molar-refractivity contribution in [2.24, 2.45) is 0 Å². The SMILES string of the molecule is CCCCCCCCCCCCCCCC/C=C(\C)C(=O)OC(C)c1ccncc1.Cl. The number of ether oxygens (including phenoxy) is 1.